The summed E-state index contributed by atoms with van der Waals surface area (Å²) in [4.78, 5) is 19.3. The van der Waals surface area contributed by atoms with Crippen LogP contribution < -0.4 is 0 Å². The largest absolute Gasteiger partial charge is 0.339 e. The maximum atomic E-state index is 13.0. The second-order valence-electron chi connectivity index (χ2n) is 6.75. The van der Waals surface area contributed by atoms with Crippen LogP contribution in [0.2, 0.25) is 0 Å². The van der Waals surface area contributed by atoms with E-state index in [-0.39, 0.29) is 11.9 Å². The van der Waals surface area contributed by atoms with Crippen LogP contribution in [0.3, 0.4) is 0 Å². The molecule has 0 bridgehead atoms. The van der Waals surface area contributed by atoms with E-state index in [0.717, 1.165) is 17.5 Å². The van der Waals surface area contributed by atoms with Crippen LogP contribution in [0.5, 0.6) is 0 Å². The fourth-order valence-electron chi connectivity index (χ4n) is 2.88. The molecule has 2 aromatic carbocycles. The van der Waals surface area contributed by atoms with E-state index < -0.39 is 0 Å². The Bertz CT molecular complexity index is 872. The quantitative estimate of drug-likeness (QED) is 0.619. The predicted molar refractivity (Wildman–Crippen MR) is 105 cm³/mol. The van der Waals surface area contributed by atoms with E-state index in [9.17, 15) is 4.79 Å². The molecule has 1 amide bonds. The molecule has 140 valence electrons. The molecule has 1 atom stereocenters. The highest BCUT2D eigenvalue weighted by molar-refractivity contribution is 5.94. The number of nitrogens with zero attached hydrogens (tertiary/aromatic N) is 3. The van der Waals surface area contributed by atoms with Gasteiger partial charge < -0.3 is 9.42 Å². The lowest BCUT2D eigenvalue weighted by Gasteiger charge is -2.28. The molecule has 0 spiro atoms. The minimum absolute atomic E-state index is 0.0344. The molecule has 0 saturated carbocycles. The maximum absolute atomic E-state index is 13.0. The molecule has 0 N–H and O–H groups in total. The average molecular weight is 363 g/mol. The molecule has 1 aromatic heterocycles. The molecule has 0 fully saturated rings. The van der Waals surface area contributed by atoms with Crippen molar-refractivity contribution in [1.82, 2.24) is 15.0 Å². The molecule has 5 heteroatoms. The van der Waals surface area contributed by atoms with Gasteiger partial charge in [-0.25, -0.2) is 0 Å². The number of carbonyl (C=O) groups is 1. The van der Waals surface area contributed by atoms with Crippen molar-refractivity contribution in [1.29, 1.82) is 0 Å². The summed E-state index contributed by atoms with van der Waals surface area (Å²) in [6.45, 7) is 6.70. The zero-order valence-corrected chi connectivity index (χ0v) is 16.1. The summed E-state index contributed by atoms with van der Waals surface area (Å²) >= 11 is 0. The van der Waals surface area contributed by atoms with Gasteiger partial charge in [-0.3, -0.25) is 4.79 Å². The van der Waals surface area contributed by atoms with E-state index in [0.29, 0.717) is 30.2 Å². The first-order valence-electron chi connectivity index (χ1n) is 9.34. The van der Waals surface area contributed by atoms with Gasteiger partial charge in [0, 0.05) is 30.1 Å². The van der Waals surface area contributed by atoms with Crippen molar-refractivity contribution in [2.45, 2.75) is 39.7 Å². The molecule has 5 nitrogen and oxygen atoms in total. The highest BCUT2D eigenvalue weighted by Gasteiger charge is 2.21. The van der Waals surface area contributed by atoms with Crippen molar-refractivity contribution in [2.24, 2.45) is 0 Å². The molecule has 0 aliphatic carbocycles. The third-order valence-corrected chi connectivity index (χ3v) is 4.75. The summed E-state index contributed by atoms with van der Waals surface area (Å²) in [5.74, 6) is 1.15. The predicted octanol–water partition coefficient (Wildman–Crippen LogP) is 4.53. The van der Waals surface area contributed by atoms with Crippen molar-refractivity contribution < 1.29 is 9.32 Å². The van der Waals surface area contributed by atoms with Crippen molar-refractivity contribution in [3.05, 3.63) is 71.6 Å². The van der Waals surface area contributed by atoms with Gasteiger partial charge in [0.05, 0.1) is 0 Å². The van der Waals surface area contributed by atoms with E-state index in [1.807, 2.05) is 66.4 Å². The highest BCUT2D eigenvalue weighted by atomic mass is 16.5. The molecule has 1 heterocycles. The summed E-state index contributed by atoms with van der Waals surface area (Å²) in [5, 5.41) is 4.05. The second kappa shape index (κ2) is 8.62. The van der Waals surface area contributed by atoms with Gasteiger partial charge in [0.25, 0.3) is 5.91 Å². The van der Waals surface area contributed by atoms with Crippen molar-refractivity contribution in [3.63, 3.8) is 0 Å². The zero-order chi connectivity index (χ0) is 19.2. The number of benzene rings is 2. The van der Waals surface area contributed by atoms with Crippen LogP contribution >= 0.6 is 0 Å². The van der Waals surface area contributed by atoms with E-state index >= 15 is 0 Å². The second-order valence-corrected chi connectivity index (χ2v) is 6.75. The molecule has 0 aliphatic rings. The Morgan fingerprint density at radius 3 is 2.48 bits per heavy atom. The summed E-state index contributed by atoms with van der Waals surface area (Å²) in [6, 6.07) is 17.5. The smallest absolute Gasteiger partial charge is 0.254 e. The third-order valence-electron chi connectivity index (χ3n) is 4.75. The van der Waals surface area contributed by atoms with Crippen molar-refractivity contribution >= 4 is 5.91 Å². The Morgan fingerprint density at radius 1 is 1.11 bits per heavy atom. The standard InChI is InChI=1S/C22H25N3O2/c1-4-17(3)25(22(26)19-12-10-16(2)11-13-19)15-14-20-23-21(24-27-20)18-8-6-5-7-9-18/h5-13,17H,4,14-15H2,1-3H3/t17-/m1/s1. The Labute approximate surface area is 160 Å². The van der Waals surface area contributed by atoms with Gasteiger partial charge in [-0.05, 0) is 32.4 Å². The van der Waals surface area contributed by atoms with Gasteiger partial charge >= 0.3 is 0 Å². The van der Waals surface area contributed by atoms with Gasteiger partial charge in [-0.2, -0.15) is 4.98 Å². The monoisotopic (exact) mass is 363 g/mol. The first kappa shape index (κ1) is 18.8. The third kappa shape index (κ3) is 4.61. The number of rotatable bonds is 7. The van der Waals surface area contributed by atoms with Crippen LogP contribution in [0.25, 0.3) is 11.4 Å². The number of aromatic nitrogens is 2. The van der Waals surface area contributed by atoms with Gasteiger partial charge in [-0.1, -0.05) is 60.1 Å². The SMILES string of the molecule is CC[C@@H](C)N(CCc1nc(-c2ccccc2)no1)C(=O)c1ccc(C)cc1. The number of carbonyl (C=O) groups excluding carboxylic acids is 1. The Morgan fingerprint density at radius 2 is 1.81 bits per heavy atom. The Kier molecular flexibility index (Phi) is 6.01. The van der Waals surface area contributed by atoms with Crippen molar-refractivity contribution in [2.75, 3.05) is 6.54 Å². The maximum Gasteiger partial charge on any atom is 0.254 e. The highest BCUT2D eigenvalue weighted by Crippen LogP contribution is 2.17. The Hall–Kier alpha value is -2.95. The molecular weight excluding hydrogens is 338 g/mol. The number of amides is 1. The lowest BCUT2D eigenvalue weighted by molar-refractivity contribution is 0.0686. The van der Waals surface area contributed by atoms with Crippen LogP contribution in [0, 0.1) is 6.92 Å². The summed E-state index contributed by atoms with van der Waals surface area (Å²) in [7, 11) is 0. The van der Waals surface area contributed by atoms with Crippen LogP contribution in [-0.2, 0) is 6.42 Å². The molecule has 0 saturated heterocycles. The lowest BCUT2D eigenvalue weighted by Crippen LogP contribution is -2.39. The number of hydrogen-bond donors (Lipinski definition) is 0. The summed E-state index contributed by atoms with van der Waals surface area (Å²) in [6.07, 6.45) is 1.42. The molecular formula is C22H25N3O2. The summed E-state index contributed by atoms with van der Waals surface area (Å²) < 4.78 is 5.38. The molecule has 3 rings (SSSR count). The van der Waals surface area contributed by atoms with Gasteiger partial charge in [-0.15, -0.1) is 0 Å². The minimum atomic E-state index is 0.0344. The normalized spacial score (nSPS) is 12.0. The van der Waals surface area contributed by atoms with Crippen LogP contribution in [0.15, 0.2) is 59.1 Å². The molecule has 0 radical (unpaired) electrons. The molecule has 27 heavy (non-hydrogen) atoms. The zero-order valence-electron chi connectivity index (χ0n) is 16.1. The van der Waals surface area contributed by atoms with E-state index in [2.05, 4.69) is 24.0 Å². The van der Waals surface area contributed by atoms with Crippen molar-refractivity contribution in [3.8, 4) is 11.4 Å². The van der Waals surface area contributed by atoms with Crippen LogP contribution in [-0.4, -0.2) is 33.5 Å². The molecule has 0 aliphatic heterocycles. The molecule has 0 unspecified atom stereocenters. The number of aryl methyl sites for hydroxylation is 1. The van der Waals surface area contributed by atoms with E-state index in [4.69, 9.17) is 4.52 Å². The minimum Gasteiger partial charge on any atom is -0.339 e. The van der Waals surface area contributed by atoms with Gasteiger partial charge in [0.1, 0.15) is 0 Å². The topological polar surface area (TPSA) is 59.2 Å². The fraction of sp³-hybridized carbons (Fsp3) is 0.318. The summed E-state index contributed by atoms with van der Waals surface area (Å²) in [5.41, 5.74) is 2.76. The number of hydrogen-bond acceptors (Lipinski definition) is 4. The molecule has 3 aromatic rings. The average Bonchev–Trinajstić information content (AvgIpc) is 3.18. The first-order valence-corrected chi connectivity index (χ1v) is 9.34. The van der Waals surface area contributed by atoms with Crippen LogP contribution in [0.1, 0.15) is 42.1 Å². The van der Waals surface area contributed by atoms with E-state index in [1.54, 1.807) is 0 Å². The lowest BCUT2D eigenvalue weighted by atomic mass is 10.1. The van der Waals surface area contributed by atoms with Gasteiger partial charge in [0.2, 0.25) is 11.7 Å². The Balaban J connectivity index is 1.71. The fourth-order valence-corrected chi connectivity index (χ4v) is 2.88. The first-order chi connectivity index (χ1) is 13.1. The van der Waals surface area contributed by atoms with Crippen LogP contribution in [0.4, 0.5) is 0 Å². The van der Waals surface area contributed by atoms with Gasteiger partial charge in [0.15, 0.2) is 0 Å². The van der Waals surface area contributed by atoms with E-state index in [1.165, 1.54) is 0 Å².